The molecule has 0 saturated carbocycles. The fourth-order valence-electron chi connectivity index (χ4n) is 3.26. The molecule has 0 atom stereocenters. The van der Waals surface area contributed by atoms with E-state index in [2.05, 4.69) is 10.2 Å². The third-order valence-electron chi connectivity index (χ3n) is 4.70. The zero-order valence-electron chi connectivity index (χ0n) is 16.4. The topological polar surface area (TPSA) is 71.1 Å². The number of nitrogens with one attached hydrogen (secondary N) is 1. The maximum absolute atomic E-state index is 12.9. The fourth-order valence-corrected chi connectivity index (χ4v) is 3.26. The first-order chi connectivity index (χ1) is 13.5. The zero-order chi connectivity index (χ0) is 20.1. The van der Waals surface area contributed by atoms with Crippen molar-refractivity contribution in [1.82, 2.24) is 4.90 Å². The summed E-state index contributed by atoms with van der Waals surface area (Å²) in [6.07, 6.45) is 0. The van der Waals surface area contributed by atoms with Gasteiger partial charge in [0, 0.05) is 56.1 Å². The van der Waals surface area contributed by atoms with E-state index in [1.165, 1.54) is 6.92 Å². The summed E-state index contributed by atoms with van der Waals surface area (Å²) in [4.78, 5) is 28.2. The van der Waals surface area contributed by atoms with Gasteiger partial charge in [-0.05, 0) is 30.3 Å². The quantitative estimate of drug-likeness (QED) is 0.859. The van der Waals surface area contributed by atoms with Gasteiger partial charge < -0.3 is 24.6 Å². The van der Waals surface area contributed by atoms with Gasteiger partial charge in [-0.2, -0.15) is 0 Å². The molecule has 28 heavy (non-hydrogen) atoms. The average Bonchev–Trinajstić information content (AvgIpc) is 2.72. The van der Waals surface area contributed by atoms with E-state index >= 15 is 0 Å². The highest BCUT2D eigenvalue weighted by Gasteiger charge is 2.23. The molecule has 1 aliphatic heterocycles. The number of hydrogen-bond acceptors (Lipinski definition) is 5. The Morgan fingerprint density at radius 2 is 1.57 bits per heavy atom. The lowest BCUT2D eigenvalue weighted by molar-refractivity contribution is -0.114. The van der Waals surface area contributed by atoms with E-state index in [1.807, 2.05) is 29.2 Å². The average molecular weight is 383 g/mol. The van der Waals surface area contributed by atoms with Gasteiger partial charge in [-0.1, -0.05) is 6.07 Å². The Balaban J connectivity index is 1.67. The van der Waals surface area contributed by atoms with Gasteiger partial charge in [0.15, 0.2) is 0 Å². The molecule has 1 fully saturated rings. The van der Waals surface area contributed by atoms with Crippen molar-refractivity contribution in [2.75, 3.05) is 50.6 Å². The second kappa shape index (κ2) is 8.65. The van der Waals surface area contributed by atoms with Crippen molar-refractivity contribution in [2.24, 2.45) is 0 Å². The second-order valence-electron chi connectivity index (χ2n) is 6.61. The normalized spacial score (nSPS) is 13.8. The molecule has 0 aromatic heterocycles. The van der Waals surface area contributed by atoms with Crippen LogP contribution in [0.25, 0.3) is 0 Å². The third-order valence-corrected chi connectivity index (χ3v) is 4.70. The van der Waals surface area contributed by atoms with Crippen LogP contribution in [-0.2, 0) is 4.79 Å². The maximum atomic E-state index is 12.9. The van der Waals surface area contributed by atoms with Gasteiger partial charge >= 0.3 is 0 Å². The number of rotatable bonds is 5. The van der Waals surface area contributed by atoms with Crippen LogP contribution in [0.2, 0.25) is 0 Å². The number of nitrogens with zero attached hydrogens (tertiary/aromatic N) is 2. The van der Waals surface area contributed by atoms with Crippen LogP contribution < -0.4 is 19.7 Å². The van der Waals surface area contributed by atoms with Crippen molar-refractivity contribution >= 4 is 23.2 Å². The highest BCUT2D eigenvalue weighted by atomic mass is 16.5. The maximum Gasteiger partial charge on any atom is 0.254 e. The zero-order valence-corrected chi connectivity index (χ0v) is 16.4. The number of amides is 2. The van der Waals surface area contributed by atoms with Crippen molar-refractivity contribution in [3.63, 3.8) is 0 Å². The molecule has 1 heterocycles. The van der Waals surface area contributed by atoms with E-state index in [-0.39, 0.29) is 11.8 Å². The van der Waals surface area contributed by atoms with Crippen molar-refractivity contribution in [3.05, 3.63) is 48.0 Å². The lowest BCUT2D eigenvalue weighted by atomic mass is 10.1. The van der Waals surface area contributed by atoms with Gasteiger partial charge in [-0.3, -0.25) is 9.59 Å². The smallest absolute Gasteiger partial charge is 0.254 e. The number of benzene rings is 2. The number of piperazine rings is 1. The first-order valence-corrected chi connectivity index (χ1v) is 9.15. The van der Waals surface area contributed by atoms with Crippen molar-refractivity contribution in [2.45, 2.75) is 6.92 Å². The highest BCUT2D eigenvalue weighted by Crippen LogP contribution is 2.25. The SMILES string of the molecule is COc1cc(OC)cc(C(=O)N2CCN(c3cccc(NC(C)=O)c3)CC2)c1. The van der Waals surface area contributed by atoms with Gasteiger partial charge in [-0.15, -0.1) is 0 Å². The first kappa shape index (κ1) is 19.5. The molecule has 148 valence electrons. The molecule has 2 amide bonds. The van der Waals surface area contributed by atoms with Gasteiger partial charge in [0.1, 0.15) is 11.5 Å². The minimum atomic E-state index is -0.0960. The largest absolute Gasteiger partial charge is 0.497 e. The van der Waals surface area contributed by atoms with Gasteiger partial charge in [0.05, 0.1) is 14.2 Å². The number of anilines is 2. The monoisotopic (exact) mass is 383 g/mol. The Kier molecular flexibility index (Phi) is 6.03. The molecule has 0 radical (unpaired) electrons. The molecule has 2 aromatic carbocycles. The van der Waals surface area contributed by atoms with Crippen LogP contribution in [0.5, 0.6) is 11.5 Å². The van der Waals surface area contributed by atoms with Crippen LogP contribution in [0.3, 0.4) is 0 Å². The molecule has 7 heteroatoms. The Labute approximate surface area is 164 Å². The van der Waals surface area contributed by atoms with Crippen LogP contribution >= 0.6 is 0 Å². The second-order valence-corrected chi connectivity index (χ2v) is 6.61. The Morgan fingerprint density at radius 1 is 0.929 bits per heavy atom. The van der Waals surface area contributed by atoms with Crippen molar-refractivity contribution in [3.8, 4) is 11.5 Å². The molecule has 0 aliphatic carbocycles. The summed E-state index contributed by atoms with van der Waals surface area (Å²) in [5.74, 6) is 1.05. The minimum absolute atomic E-state index is 0.0381. The molecular weight excluding hydrogens is 358 g/mol. The fraction of sp³-hybridized carbons (Fsp3) is 0.333. The highest BCUT2D eigenvalue weighted by molar-refractivity contribution is 5.95. The molecule has 1 aliphatic rings. The molecule has 3 rings (SSSR count). The van der Waals surface area contributed by atoms with Crippen LogP contribution in [0.1, 0.15) is 17.3 Å². The number of hydrogen-bond donors (Lipinski definition) is 1. The number of carbonyl (C=O) groups is 2. The van der Waals surface area contributed by atoms with Gasteiger partial charge in [-0.25, -0.2) is 0 Å². The van der Waals surface area contributed by atoms with E-state index in [9.17, 15) is 9.59 Å². The minimum Gasteiger partial charge on any atom is -0.497 e. The predicted octanol–water partition coefficient (Wildman–Crippen LogP) is 2.62. The molecule has 1 saturated heterocycles. The third kappa shape index (κ3) is 4.54. The summed E-state index contributed by atoms with van der Waals surface area (Å²) < 4.78 is 10.5. The lowest BCUT2D eigenvalue weighted by Gasteiger charge is -2.36. The van der Waals surface area contributed by atoms with Crippen LogP contribution in [0.15, 0.2) is 42.5 Å². The van der Waals surface area contributed by atoms with Gasteiger partial charge in [0.25, 0.3) is 5.91 Å². The van der Waals surface area contributed by atoms with E-state index in [0.717, 1.165) is 24.5 Å². The molecule has 2 aromatic rings. The van der Waals surface area contributed by atoms with E-state index in [1.54, 1.807) is 32.4 Å². The Hall–Kier alpha value is -3.22. The van der Waals surface area contributed by atoms with Gasteiger partial charge in [0.2, 0.25) is 5.91 Å². The molecule has 1 N–H and O–H groups in total. The van der Waals surface area contributed by atoms with Crippen molar-refractivity contribution < 1.29 is 19.1 Å². The van der Waals surface area contributed by atoms with Crippen LogP contribution in [0, 0.1) is 0 Å². The Morgan fingerprint density at radius 3 is 2.14 bits per heavy atom. The summed E-state index contributed by atoms with van der Waals surface area (Å²) in [5.41, 5.74) is 2.35. The molecular formula is C21H25N3O4. The summed E-state index contributed by atoms with van der Waals surface area (Å²) in [7, 11) is 3.13. The van der Waals surface area contributed by atoms with E-state index in [4.69, 9.17) is 9.47 Å². The molecule has 0 spiro atoms. The standard InChI is InChI=1S/C21H25N3O4/c1-15(25)22-17-5-4-6-18(13-17)23-7-9-24(10-8-23)21(26)16-11-19(27-2)14-20(12-16)28-3/h4-6,11-14H,7-10H2,1-3H3,(H,22,25). The molecule has 0 unspecified atom stereocenters. The number of ether oxygens (including phenoxy) is 2. The van der Waals surface area contributed by atoms with Crippen LogP contribution in [0.4, 0.5) is 11.4 Å². The first-order valence-electron chi connectivity index (χ1n) is 9.15. The summed E-state index contributed by atoms with van der Waals surface area (Å²) in [5, 5.41) is 2.80. The summed E-state index contributed by atoms with van der Waals surface area (Å²) in [6.45, 7) is 4.16. The number of methoxy groups -OCH3 is 2. The van der Waals surface area contributed by atoms with Crippen LogP contribution in [-0.4, -0.2) is 57.1 Å². The summed E-state index contributed by atoms with van der Waals surface area (Å²) >= 11 is 0. The number of carbonyl (C=O) groups excluding carboxylic acids is 2. The van der Waals surface area contributed by atoms with E-state index in [0.29, 0.717) is 30.2 Å². The molecule has 7 nitrogen and oxygen atoms in total. The van der Waals surface area contributed by atoms with E-state index < -0.39 is 0 Å². The summed E-state index contributed by atoms with van der Waals surface area (Å²) in [6, 6.07) is 12.9. The lowest BCUT2D eigenvalue weighted by Crippen LogP contribution is -2.48. The predicted molar refractivity (Wildman–Crippen MR) is 108 cm³/mol. The Bertz CT molecular complexity index is 838. The van der Waals surface area contributed by atoms with Crippen molar-refractivity contribution in [1.29, 1.82) is 0 Å². The molecule has 0 bridgehead atoms.